The van der Waals surface area contributed by atoms with Crippen molar-refractivity contribution in [2.45, 2.75) is 115 Å². The predicted octanol–water partition coefficient (Wildman–Crippen LogP) is 9.58. The maximum absolute atomic E-state index is 14.7. The number of nitrogens with one attached hydrogen (secondary N) is 3. The largest absolute Gasteiger partial charge is 0.492 e. The third-order valence-electron chi connectivity index (χ3n) is 10.7. The second-order valence-electron chi connectivity index (χ2n) is 15.1. The zero-order valence-corrected chi connectivity index (χ0v) is 31.6. The van der Waals surface area contributed by atoms with E-state index >= 15 is 0 Å². The molecule has 2 heterocycles. The Kier molecular flexibility index (Phi) is 13.9. The highest BCUT2D eigenvalue weighted by atomic mass is 19.4. The monoisotopic (exact) mass is 736 g/mol. The molecule has 2 aliphatic rings. The van der Waals surface area contributed by atoms with E-state index in [9.17, 15) is 23.2 Å². The zero-order chi connectivity index (χ0) is 38.0. The third kappa shape index (κ3) is 10.8. The second-order valence-corrected chi connectivity index (χ2v) is 15.1. The number of alkyl halides is 3. The van der Waals surface area contributed by atoms with Gasteiger partial charge < -0.3 is 30.3 Å². The van der Waals surface area contributed by atoms with E-state index in [4.69, 9.17) is 9.47 Å². The Labute approximate surface area is 312 Å². The van der Waals surface area contributed by atoms with Gasteiger partial charge in [-0.3, -0.25) is 9.78 Å². The number of benzene rings is 2. The molecule has 12 heteroatoms. The van der Waals surface area contributed by atoms with Crippen molar-refractivity contribution in [2.24, 2.45) is 5.92 Å². The lowest BCUT2D eigenvalue weighted by Crippen LogP contribution is -2.58. The van der Waals surface area contributed by atoms with Crippen LogP contribution in [0.4, 0.5) is 30.2 Å². The zero-order valence-electron chi connectivity index (χ0n) is 31.6. The van der Waals surface area contributed by atoms with E-state index in [1.807, 2.05) is 25.9 Å². The molecule has 288 valence electrons. The molecular formula is C41H55F3N6O3. The second kappa shape index (κ2) is 18.3. The average Bonchev–Trinajstić information content (AvgIpc) is 3.12. The number of hydrogen-bond acceptors (Lipinski definition) is 8. The van der Waals surface area contributed by atoms with Crippen LogP contribution in [0.15, 0.2) is 36.5 Å². The fraction of sp³-hybridized carbons (Fsp3) is 0.585. The highest BCUT2D eigenvalue weighted by Crippen LogP contribution is 2.42. The van der Waals surface area contributed by atoms with Crippen LogP contribution in [0.2, 0.25) is 0 Å². The van der Waals surface area contributed by atoms with Gasteiger partial charge in [0.2, 0.25) is 5.91 Å². The van der Waals surface area contributed by atoms with Gasteiger partial charge in [0.1, 0.15) is 24.2 Å². The predicted molar refractivity (Wildman–Crippen MR) is 204 cm³/mol. The molecule has 1 saturated heterocycles. The number of amides is 1. The summed E-state index contributed by atoms with van der Waals surface area (Å²) in [6, 6.07) is 9.20. The van der Waals surface area contributed by atoms with Crippen LogP contribution in [-0.2, 0) is 11.0 Å². The minimum atomic E-state index is -4.72. The molecule has 0 radical (unpaired) electrons. The lowest BCUT2D eigenvalue weighted by Gasteiger charge is -2.46. The van der Waals surface area contributed by atoms with Crippen molar-refractivity contribution in [3.63, 3.8) is 0 Å². The molecule has 2 unspecified atom stereocenters. The van der Waals surface area contributed by atoms with Gasteiger partial charge >= 0.3 is 6.18 Å². The fourth-order valence-corrected chi connectivity index (χ4v) is 7.71. The van der Waals surface area contributed by atoms with Gasteiger partial charge in [-0.2, -0.15) is 18.4 Å². The van der Waals surface area contributed by atoms with Crippen molar-refractivity contribution in [3.8, 4) is 17.6 Å². The molecule has 1 aromatic heterocycles. The first-order valence-electron chi connectivity index (χ1n) is 19.2. The molecule has 1 spiro atoms. The van der Waals surface area contributed by atoms with Crippen LogP contribution in [0.3, 0.4) is 0 Å². The summed E-state index contributed by atoms with van der Waals surface area (Å²) in [5.74, 6) is 0.599. The summed E-state index contributed by atoms with van der Waals surface area (Å²) in [7, 11) is 3.86. The van der Waals surface area contributed by atoms with Crippen molar-refractivity contribution in [1.29, 1.82) is 5.26 Å². The Morgan fingerprint density at radius 1 is 1.04 bits per heavy atom. The summed E-state index contributed by atoms with van der Waals surface area (Å²) < 4.78 is 56.0. The number of halogens is 3. The Morgan fingerprint density at radius 2 is 1.75 bits per heavy atom. The van der Waals surface area contributed by atoms with Crippen LogP contribution in [0, 0.1) is 17.2 Å². The van der Waals surface area contributed by atoms with Gasteiger partial charge in [-0.05, 0) is 89.9 Å². The highest BCUT2D eigenvalue weighted by Gasteiger charge is 2.39. The van der Waals surface area contributed by atoms with E-state index in [-0.39, 0.29) is 53.2 Å². The number of aromatic nitrogens is 1. The SMILES string of the molecule is CCOc1cc2ncc(C#N)c(Nc3ccc(OCC4NC5(CCCCCCCCC5)CCC4C)cc3C(F)(F)F)c2cc1NC(=O)CCCN(C)C. The van der Waals surface area contributed by atoms with E-state index in [0.29, 0.717) is 41.3 Å². The quantitative estimate of drug-likeness (QED) is 0.169. The smallest absolute Gasteiger partial charge is 0.418 e. The number of piperidine rings is 1. The summed E-state index contributed by atoms with van der Waals surface area (Å²) >= 11 is 0. The number of nitrogens with zero attached hydrogens (tertiary/aromatic N) is 3. The number of carbonyl (C=O) groups excluding carboxylic acids is 1. The number of rotatable bonds is 12. The molecule has 2 atom stereocenters. The topological polar surface area (TPSA) is 112 Å². The van der Waals surface area contributed by atoms with E-state index < -0.39 is 11.7 Å². The van der Waals surface area contributed by atoms with E-state index in [0.717, 1.165) is 38.3 Å². The summed E-state index contributed by atoms with van der Waals surface area (Å²) in [6.07, 6.45) is 10.7. The van der Waals surface area contributed by atoms with Gasteiger partial charge in [0.25, 0.3) is 0 Å². The maximum Gasteiger partial charge on any atom is 0.418 e. The first kappa shape index (κ1) is 40.1. The van der Waals surface area contributed by atoms with Crippen LogP contribution in [0.25, 0.3) is 10.9 Å². The van der Waals surface area contributed by atoms with Crippen molar-refractivity contribution in [1.82, 2.24) is 15.2 Å². The molecule has 2 aromatic carbocycles. The van der Waals surface area contributed by atoms with Gasteiger partial charge in [0, 0.05) is 35.7 Å². The Bertz CT molecular complexity index is 1730. The van der Waals surface area contributed by atoms with Gasteiger partial charge in [0.05, 0.1) is 40.3 Å². The molecule has 9 nitrogen and oxygen atoms in total. The summed E-state index contributed by atoms with van der Waals surface area (Å²) in [5.41, 5.74) is -0.182. The molecule has 5 rings (SSSR count). The molecule has 1 aliphatic carbocycles. The summed E-state index contributed by atoms with van der Waals surface area (Å²) in [6.45, 7) is 5.31. The normalized spacial score (nSPS) is 19.5. The van der Waals surface area contributed by atoms with Gasteiger partial charge in [0.15, 0.2) is 0 Å². The Hall–Kier alpha value is -4.08. The number of pyridine rings is 1. The molecule has 1 saturated carbocycles. The number of fused-ring (bicyclic) bond motifs is 1. The van der Waals surface area contributed by atoms with Crippen LogP contribution >= 0.6 is 0 Å². The number of nitriles is 1. The molecule has 1 aliphatic heterocycles. The number of anilines is 3. The molecule has 3 aromatic rings. The number of carbonyl (C=O) groups is 1. The first-order valence-corrected chi connectivity index (χ1v) is 19.2. The lowest BCUT2D eigenvalue weighted by molar-refractivity contribution is -0.137. The minimum absolute atomic E-state index is 0.0319. The van der Waals surface area contributed by atoms with Crippen LogP contribution < -0.4 is 25.4 Å². The summed E-state index contributed by atoms with van der Waals surface area (Å²) in [5, 5.41) is 20.1. The Balaban J connectivity index is 1.40. The van der Waals surface area contributed by atoms with Gasteiger partial charge in [-0.25, -0.2) is 0 Å². The molecular weight excluding hydrogens is 681 g/mol. The first-order chi connectivity index (χ1) is 25.4. The van der Waals surface area contributed by atoms with E-state index in [2.05, 4.69) is 33.9 Å². The van der Waals surface area contributed by atoms with E-state index in [1.165, 1.54) is 63.3 Å². The molecule has 1 amide bonds. The molecule has 3 N–H and O–H groups in total. The van der Waals surface area contributed by atoms with Crippen molar-refractivity contribution in [2.75, 3.05) is 44.5 Å². The highest BCUT2D eigenvalue weighted by molar-refractivity contribution is 6.02. The Morgan fingerprint density at radius 3 is 2.42 bits per heavy atom. The van der Waals surface area contributed by atoms with Crippen molar-refractivity contribution in [3.05, 3.63) is 47.7 Å². The lowest BCUT2D eigenvalue weighted by atomic mass is 9.74. The maximum atomic E-state index is 14.7. The van der Waals surface area contributed by atoms with E-state index in [1.54, 1.807) is 12.1 Å². The van der Waals surface area contributed by atoms with Crippen LogP contribution in [-0.4, -0.2) is 61.2 Å². The number of ether oxygens (including phenoxy) is 2. The summed E-state index contributed by atoms with van der Waals surface area (Å²) in [4.78, 5) is 19.2. The molecule has 0 bridgehead atoms. The molecule has 53 heavy (non-hydrogen) atoms. The standard InChI is InChI=1S/C41H55F3N6O3/c1-5-52-37-24-34-31(23-35(37)47-38(51)14-13-21-50(3)4)39(29(25-45)26-46-34)48-33-16-15-30(22-32(33)41(42,43)44)53-27-36-28(2)17-20-40(49-36)18-11-9-7-6-8-10-12-19-40/h15-16,22-24,26,28,36,49H,5-14,17-21,27H2,1-4H3,(H,46,48)(H,47,51). The average molecular weight is 737 g/mol. The van der Waals surface area contributed by atoms with Crippen molar-refractivity contribution >= 4 is 33.9 Å². The van der Waals surface area contributed by atoms with Gasteiger partial charge in [-0.15, -0.1) is 0 Å². The van der Waals surface area contributed by atoms with Crippen LogP contribution in [0.1, 0.15) is 108 Å². The fourth-order valence-electron chi connectivity index (χ4n) is 7.71. The third-order valence-corrected chi connectivity index (χ3v) is 10.7. The molecule has 2 fully saturated rings. The van der Waals surface area contributed by atoms with Gasteiger partial charge in [-0.1, -0.05) is 51.9 Å². The van der Waals surface area contributed by atoms with Crippen molar-refractivity contribution < 1.29 is 27.4 Å². The minimum Gasteiger partial charge on any atom is -0.492 e. The number of hydrogen-bond donors (Lipinski definition) is 3. The van der Waals surface area contributed by atoms with Crippen LogP contribution in [0.5, 0.6) is 11.5 Å².